The number of halogens is 3. The molecule has 0 aromatic heterocycles. The Morgan fingerprint density at radius 3 is 2.46 bits per heavy atom. The van der Waals surface area contributed by atoms with Crippen LogP contribution in [0.5, 0.6) is 0 Å². The first-order chi connectivity index (χ1) is 16.7. The number of thioether (sulfide) groups is 2. The molecule has 1 amide bonds. The van der Waals surface area contributed by atoms with E-state index in [-0.39, 0.29) is 10.6 Å². The van der Waals surface area contributed by atoms with Crippen LogP contribution >= 0.6 is 46.7 Å². The van der Waals surface area contributed by atoms with Crippen molar-refractivity contribution in [2.75, 3.05) is 29.4 Å². The third kappa shape index (κ3) is 7.79. The Morgan fingerprint density at radius 2 is 1.80 bits per heavy atom. The minimum absolute atomic E-state index is 0.0164. The summed E-state index contributed by atoms with van der Waals surface area (Å²) in [5.74, 6) is 0.136. The standard InChI is InChI=1S/C24H23Cl2FN2O3S3/c1-33-21-7-9-22(10-8-21)35(31,32)29(20-4-2-3-19(27)14-20)15-24(30)28-11-12-34-16-17-5-6-18(25)13-23(17)26/h2-10,13-14H,11-12,15-16H2,1H3,(H,28,30). The van der Waals surface area contributed by atoms with Crippen LogP contribution < -0.4 is 9.62 Å². The first-order valence-corrected chi connectivity index (χ1v) is 15.0. The van der Waals surface area contributed by atoms with Gasteiger partial charge in [-0.25, -0.2) is 12.8 Å². The van der Waals surface area contributed by atoms with Gasteiger partial charge < -0.3 is 5.32 Å². The molecule has 0 spiro atoms. The van der Waals surface area contributed by atoms with Crippen LogP contribution in [-0.4, -0.2) is 39.4 Å². The molecule has 0 aliphatic rings. The lowest BCUT2D eigenvalue weighted by atomic mass is 10.2. The third-order valence-electron chi connectivity index (χ3n) is 4.87. The molecule has 0 heterocycles. The SMILES string of the molecule is CSc1ccc(S(=O)(=O)N(CC(=O)NCCSCc2ccc(Cl)cc2Cl)c2cccc(F)c2)cc1. The van der Waals surface area contributed by atoms with E-state index in [4.69, 9.17) is 23.2 Å². The van der Waals surface area contributed by atoms with Crippen molar-refractivity contribution in [3.05, 3.63) is 88.2 Å². The largest absolute Gasteiger partial charge is 0.354 e. The number of nitrogens with one attached hydrogen (secondary N) is 1. The van der Waals surface area contributed by atoms with Crippen LogP contribution in [0, 0.1) is 5.82 Å². The van der Waals surface area contributed by atoms with Gasteiger partial charge in [0.15, 0.2) is 0 Å². The highest BCUT2D eigenvalue weighted by molar-refractivity contribution is 7.98. The molecule has 3 aromatic carbocycles. The first-order valence-electron chi connectivity index (χ1n) is 10.4. The van der Waals surface area contributed by atoms with Gasteiger partial charge in [0.25, 0.3) is 10.0 Å². The molecule has 0 fully saturated rings. The van der Waals surface area contributed by atoms with Crippen molar-refractivity contribution in [1.29, 1.82) is 0 Å². The molecule has 0 saturated carbocycles. The Morgan fingerprint density at radius 1 is 1.06 bits per heavy atom. The Kier molecular flexibility index (Phi) is 10.2. The van der Waals surface area contributed by atoms with Gasteiger partial charge in [0.1, 0.15) is 12.4 Å². The second kappa shape index (κ2) is 12.9. The molecule has 3 rings (SSSR count). The van der Waals surface area contributed by atoms with Crippen LogP contribution in [0.15, 0.2) is 76.5 Å². The average molecular weight is 574 g/mol. The quantitative estimate of drug-likeness (QED) is 0.222. The maximum Gasteiger partial charge on any atom is 0.264 e. The van der Waals surface area contributed by atoms with Crippen LogP contribution in [0.3, 0.4) is 0 Å². The fourth-order valence-corrected chi connectivity index (χ4v) is 6.33. The van der Waals surface area contributed by atoms with Crippen LogP contribution in [0.4, 0.5) is 10.1 Å². The number of anilines is 1. The normalized spacial score (nSPS) is 11.3. The van der Waals surface area contributed by atoms with E-state index >= 15 is 0 Å². The number of amides is 1. The van der Waals surface area contributed by atoms with Crippen LogP contribution in [0.2, 0.25) is 10.0 Å². The summed E-state index contributed by atoms with van der Waals surface area (Å²) in [6.45, 7) is -0.155. The molecule has 11 heteroatoms. The van der Waals surface area contributed by atoms with Crippen LogP contribution in [0.25, 0.3) is 0 Å². The van der Waals surface area contributed by atoms with Gasteiger partial charge in [-0.05, 0) is 66.4 Å². The molecule has 0 aliphatic heterocycles. The maximum atomic E-state index is 13.9. The summed E-state index contributed by atoms with van der Waals surface area (Å²) in [7, 11) is -4.10. The van der Waals surface area contributed by atoms with Gasteiger partial charge >= 0.3 is 0 Å². The van der Waals surface area contributed by atoms with Gasteiger partial charge in [-0.2, -0.15) is 11.8 Å². The zero-order valence-electron chi connectivity index (χ0n) is 18.7. The highest BCUT2D eigenvalue weighted by Gasteiger charge is 2.27. The Labute approximate surface area is 223 Å². The molecule has 0 atom stereocenters. The fraction of sp³-hybridized carbons (Fsp3) is 0.208. The predicted molar refractivity (Wildman–Crippen MR) is 145 cm³/mol. The smallest absolute Gasteiger partial charge is 0.264 e. The van der Waals surface area contributed by atoms with Gasteiger partial charge in [-0.3, -0.25) is 9.10 Å². The summed E-state index contributed by atoms with van der Waals surface area (Å²) in [6, 6.07) is 16.8. The minimum atomic E-state index is -4.10. The average Bonchev–Trinajstić information content (AvgIpc) is 2.83. The maximum absolute atomic E-state index is 13.9. The van der Waals surface area contributed by atoms with Gasteiger partial charge in [0.2, 0.25) is 5.91 Å². The Hall–Kier alpha value is -1.91. The monoisotopic (exact) mass is 572 g/mol. The second-order valence-corrected chi connectivity index (χ2v) is 12.0. The number of hydrogen-bond acceptors (Lipinski definition) is 5. The number of sulfonamides is 1. The number of benzene rings is 3. The zero-order valence-corrected chi connectivity index (χ0v) is 22.7. The Bertz CT molecular complexity index is 1280. The zero-order chi connectivity index (χ0) is 25.4. The van der Waals surface area contributed by atoms with Crippen molar-refractivity contribution in [3.63, 3.8) is 0 Å². The van der Waals surface area contributed by atoms with Crippen molar-refractivity contribution in [2.45, 2.75) is 15.5 Å². The van der Waals surface area contributed by atoms with Crippen molar-refractivity contribution < 1.29 is 17.6 Å². The summed E-state index contributed by atoms with van der Waals surface area (Å²) < 4.78 is 41.5. The molecule has 3 aromatic rings. The highest BCUT2D eigenvalue weighted by Crippen LogP contribution is 2.26. The van der Waals surface area contributed by atoms with Gasteiger partial charge in [0.05, 0.1) is 10.6 Å². The molecule has 35 heavy (non-hydrogen) atoms. The van der Waals surface area contributed by atoms with E-state index < -0.39 is 28.3 Å². The lowest BCUT2D eigenvalue weighted by Crippen LogP contribution is -2.41. The van der Waals surface area contributed by atoms with Gasteiger partial charge in [-0.15, -0.1) is 11.8 Å². The molecule has 1 N–H and O–H groups in total. The number of carbonyl (C=O) groups excluding carboxylic acids is 1. The molecular weight excluding hydrogens is 550 g/mol. The molecule has 0 aliphatic carbocycles. The summed E-state index contributed by atoms with van der Waals surface area (Å²) in [5.41, 5.74) is 1.00. The van der Waals surface area contributed by atoms with Crippen LogP contribution in [0.1, 0.15) is 5.56 Å². The predicted octanol–water partition coefficient (Wildman–Crippen LogP) is 6.10. The second-order valence-electron chi connectivity index (χ2n) is 7.31. The van der Waals surface area contributed by atoms with Crippen molar-refractivity contribution in [3.8, 4) is 0 Å². The minimum Gasteiger partial charge on any atom is -0.354 e. The van der Waals surface area contributed by atoms with Crippen LogP contribution in [-0.2, 0) is 20.6 Å². The Balaban J connectivity index is 1.65. The fourth-order valence-electron chi connectivity index (χ4n) is 3.09. The molecule has 0 bridgehead atoms. The van der Waals surface area contributed by atoms with Crippen molar-refractivity contribution in [2.24, 2.45) is 0 Å². The topological polar surface area (TPSA) is 66.5 Å². The van der Waals surface area contributed by atoms with E-state index in [1.807, 2.05) is 12.3 Å². The van der Waals surface area contributed by atoms with E-state index in [0.29, 0.717) is 28.1 Å². The molecule has 186 valence electrons. The van der Waals surface area contributed by atoms with E-state index in [2.05, 4.69) is 5.32 Å². The van der Waals surface area contributed by atoms with Crippen molar-refractivity contribution in [1.82, 2.24) is 5.32 Å². The number of nitrogens with zero attached hydrogens (tertiary/aromatic N) is 1. The lowest BCUT2D eigenvalue weighted by molar-refractivity contribution is -0.119. The van der Waals surface area contributed by atoms with E-state index in [1.54, 1.807) is 36.0 Å². The summed E-state index contributed by atoms with van der Waals surface area (Å²) >= 11 is 15.1. The molecule has 0 unspecified atom stereocenters. The molecule has 5 nitrogen and oxygen atoms in total. The highest BCUT2D eigenvalue weighted by atomic mass is 35.5. The molecular formula is C24H23Cl2FN2O3S3. The number of rotatable bonds is 11. The summed E-state index contributed by atoms with van der Waals surface area (Å²) in [6.07, 6.45) is 1.88. The van der Waals surface area contributed by atoms with E-state index in [1.165, 1.54) is 42.1 Å². The van der Waals surface area contributed by atoms with Gasteiger partial charge in [-0.1, -0.05) is 35.3 Å². The number of carbonyl (C=O) groups is 1. The number of hydrogen-bond donors (Lipinski definition) is 1. The van der Waals surface area contributed by atoms with E-state index in [0.717, 1.165) is 20.8 Å². The third-order valence-corrected chi connectivity index (χ3v) is 9.00. The summed E-state index contributed by atoms with van der Waals surface area (Å²) in [4.78, 5) is 13.6. The van der Waals surface area contributed by atoms with E-state index in [9.17, 15) is 17.6 Å². The molecule has 0 radical (unpaired) electrons. The first kappa shape index (κ1) is 27.7. The molecule has 0 saturated heterocycles. The van der Waals surface area contributed by atoms with Crippen molar-refractivity contribution >= 4 is 68.3 Å². The van der Waals surface area contributed by atoms with Gasteiger partial charge in [0, 0.05) is 33.0 Å². The summed E-state index contributed by atoms with van der Waals surface area (Å²) in [5, 5.41) is 3.88. The lowest BCUT2D eigenvalue weighted by Gasteiger charge is -2.24.